The van der Waals surface area contributed by atoms with Gasteiger partial charge in [0, 0.05) is 6.54 Å². The number of hydrogen-bond donors (Lipinski definition) is 1. The van der Waals surface area contributed by atoms with Gasteiger partial charge < -0.3 is 14.7 Å². The summed E-state index contributed by atoms with van der Waals surface area (Å²) in [6.07, 6.45) is 2.01. The van der Waals surface area contributed by atoms with Crippen LogP contribution in [0, 0.1) is 5.82 Å². The number of rotatable bonds is 4. The lowest BCUT2D eigenvalue weighted by Crippen LogP contribution is -2.38. The second-order valence-corrected chi connectivity index (χ2v) is 6.29. The fourth-order valence-electron chi connectivity index (χ4n) is 3.21. The molecule has 0 radical (unpaired) electrons. The molecule has 1 atom stereocenters. The number of halogens is 1. The van der Waals surface area contributed by atoms with Gasteiger partial charge in [-0.25, -0.2) is 14.0 Å². The first-order valence-electron chi connectivity index (χ1n) is 8.56. The van der Waals surface area contributed by atoms with Crippen LogP contribution in [-0.4, -0.2) is 28.6 Å². The Kier molecular flexibility index (Phi) is 5.51. The number of amides is 1. The molecule has 1 saturated heterocycles. The second kappa shape index (κ2) is 7.99. The first-order chi connectivity index (χ1) is 12.6. The topological polar surface area (TPSA) is 66.8 Å². The molecule has 2 aromatic carbocycles. The summed E-state index contributed by atoms with van der Waals surface area (Å²) in [5.74, 6) is -2.10. The van der Waals surface area contributed by atoms with E-state index in [-0.39, 0.29) is 18.2 Å². The number of carboxylic acid groups (broad SMARTS) is 1. The van der Waals surface area contributed by atoms with Gasteiger partial charge in [-0.3, -0.25) is 0 Å². The Bertz CT molecular complexity index is 794. The largest absolute Gasteiger partial charge is 0.478 e. The Morgan fingerprint density at radius 1 is 1.15 bits per heavy atom. The van der Waals surface area contributed by atoms with E-state index in [0.29, 0.717) is 18.5 Å². The maximum Gasteiger partial charge on any atom is 0.410 e. The van der Waals surface area contributed by atoms with Crippen LogP contribution >= 0.6 is 0 Å². The highest BCUT2D eigenvalue weighted by atomic mass is 19.1. The van der Waals surface area contributed by atoms with E-state index in [9.17, 15) is 14.0 Å². The Balaban J connectivity index is 1.74. The number of carboxylic acids is 1. The van der Waals surface area contributed by atoms with Gasteiger partial charge in [0.2, 0.25) is 0 Å². The summed E-state index contributed by atoms with van der Waals surface area (Å²) >= 11 is 0. The molecule has 1 amide bonds. The number of nitrogens with zero attached hydrogens (tertiary/aromatic N) is 1. The van der Waals surface area contributed by atoms with E-state index in [1.165, 1.54) is 12.1 Å². The Morgan fingerprint density at radius 2 is 1.92 bits per heavy atom. The highest BCUT2D eigenvalue weighted by Gasteiger charge is 2.30. The molecule has 0 bridgehead atoms. The van der Waals surface area contributed by atoms with E-state index in [2.05, 4.69) is 0 Å². The minimum Gasteiger partial charge on any atom is -0.478 e. The molecule has 0 aliphatic carbocycles. The molecule has 1 unspecified atom stereocenters. The number of hydrogen-bond acceptors (Lipinski definition) is 3. The normalized spacial score (nSPS) is 17.0. The van der Waals surface area contributed by atoms with Gasteiger partial charge in [-0.15, -0.1) is 0 Å². The number of carbonyl (C=O) groups excluding carboxylic acids is 1. The fraction of sp³-hybridized carbons (Fsp3) is 0.300. The van der Waals surface area contributed by atoms with Gasteiger partial charge in [-0.2, -0.15) is 0 Å². The van der Waals surface area contributed by atoms with Crippen molar-refractivity contribution in [1.82, 2.24) is 4.90 Å². The van der Waals surface area contributed by atoms with Crippen LogP contribution in [0.5, 0.6) is 0 Å². The van der Waals surface area contributed by atoms with Gasteiger partial charge in [-0.1, -0.05) is 36.4 Å². The van der Waals surface area contributed by atoms with Crippen LogP contribution in [0.15, 0.2) is 48.5 Å². The smallest absolute Gasteiger partial charge is 0.410 e. The number of ether oxygens (including phenoxy) is 1. The highest BCUT2D eigenvalue weighted by Crippen LogP contribution is 2.32. The van der Waals surface area contributed by atoms with Gasteiger partial charge in [0.1, 0.15) is 12.4 Å². The number of likely N-dealkylation sites (tertiary alicyclic amines) is 1. The third-order valence-corrected chi connectivity index (χ3v) is 4.55. The average molecular weight is 357 g/mol. The van der Waals surface area contributed by atoms with Gasteiger partial charge in [0.05, 0.1) is 11.6 Å². The van der Waals surface area contributed by atoms with Crippen LogP contribution in [0.2, 0.25) is 0 Å². The first kappa shape index (κ1) is 17.9. The molecule has 5 nitrogen and oxygen atoms in total. The third-order valence-electron chi connectivity index (χ3n) is 4.55. The summed E-state index contributed by atoms with van der Waals surface area (Å²) in [6.45, 7) is 0.704. The quantitative estimate of drug-likeness (QED) is 0.881. The van der Waals surface area contributed by atoms with E-state index >= 15 is 0 Å². The summed E-state index contributed by atoms with van der Waals surface area (Å²) in [5.41, 5.74) is 1.11. The maximum absolute atomic E-state index is 14.0. The second-order valence-electron chi connectivity index (χ2n) is 6.29. The Labute approximate surface area is 151 Å². The van der Waals surface area contributed by atoms with Gasteiger partial charge >= 0.3 is 12.1 Å². The molecule has 6 heteroatoms. The molecule has 1 fully saturated rings. The van der Waals surface area contributed by atoms with Crippen molar-refractivity contribution in [2.45, 2.75) is 31.9 Å². The molecule has 0 spiro atoms. The predicted molar refractivity (Wildman–Crippen MR) is 93.3 cm³/mol. The highest BCUT2D eigenvalue weighted by molar-refractivity contribution is 5.88. The van der Waals surface area contributed by atoms with Gasteiger partial charge in [-0.05, 0) is 42.5 Å². The van der Waals surface area contributed by atoms with Crippen molar-refractivity contribution in [1.29, 1.82) is 0 Å². The van der Waals surface area contributed by atoms with E-state index < -0.39 is 17.9 Å². The fourth-order valence-corrected chi connectivity index (χ4v) is 3.21. The standard InChI is InChI=1S/C20H20FNO4/c21-17-12-15(9-10-16(17)19(23)24)18-8-4-5-11-22(18)20(25)26-13-14-6-2-1-3-7-14/h1-3,6-7,9-10,12,18H,4-5,8,11,13H2,(H,23,24). The number of piperidine rings is 1. The summed E-state index contributed by atoms with van der Waals surface area (Å²) in [4.78, 5) is 25.1. The van der Waals surface area contributed by atoms with Crippen molar-refractivity contribution in [2.75, 3.05) is 6.54 Å². The van der Waals surface area contributed by atoms with E-state index in [4.69, 9.17) is 9.84 Å². The van der Waals surface area contributed by atoms with Crippen molar-refractivity contribution in [2.24, 2.45) is 0 Å². The zero-order chi connectivity index (χ0) is 18.5. The lowest BCUT2D eigenvalue weighted by atomic mass is 9.94. The summed E-state index contributed by atoms with van der Waals surface area (Å²) < 4.78 is 19.4. The van der Waals surface area contributed by atoms with E-state index in [0.717, 1.165) is 18.4 Å². The minimum atomic E-state index is -1.31. The van der Waals surface area contributed by atoms with Crippen LogP contribution in [0.4, 0.5) is 9.18 Å². The van der Waals surface area contributed by atoms with Crippen molar-refractivity contribution < 1.29 is 23.8 Å². The van der Waals surface area contributed by atoms with Crippen LogP contribution in [0.1, 0.15) is 46.8 Å². The van der Waals surface area contributed by atoms with E-state index in [1.807, 2.05) is 30.3 Å². The van der Waals surface area contributed by atoms with Crippen LogP contribution in [0.25, 0.3) is 0 Å². The van der Waals surface area contributed by atoms with E-state index in [1.54, 1.807) is 11.0 Å². The molecule has 0 saturated carbocycles. The Morgan fingerprint density at radius 3 is 2.62 bits per heavy atom. The minimum absolute atomic E-state index is 0.176. The number of carbonyl (C=O) groups is 2. The number of benzene rings is 2. The van der Waals surface area contributed by atoms with Crippen LogP contribution in [-0.2, 0) is 11.3 Å². The molecular formula is C20H20FNO4. The molecule has 3 rings (SSSR count). The summed E-state index contributed by atoms with van der Waals surface area (Å²) in [7, 11) is 0. The molecule has 0 aromatic heterocycles. The first-order valence-corrected chi connectivity index (χ1v) is 8.56. The molecule has 1 N–H and O–H groups in total. The van der Waals surface area contributed by atoms with Crippen molar-refractivity contribution in [3.8, 4) is 0 Å². The molecule has 26 heavy (non-hydrogen) atoms. The number of aromatic carboxylic acids is 1. The summed E-state index contributed by atoms with van der Waals surface area (Å²) in [5, 5.41) is 8.96. The van der Waals surface area contributed by atoms with Crippen molar-refractivity contribution >= 4 is 12.1 Å². The molecular weight excluding hydrogens is 337 g/mol. The molecule has 136 valence electrons. The van der Waals surface area contributed by atoms with Crippen molar-refractivity contribution in [3.63, 3.8) is 0 Å². The Hall–Kier alpha value is -2.89. The molecule has 2 aromatic rings. The zero-order valence-corrected chi connectivity index (χ0v) is 14.2. The van der Waals surface area contributed by atoms with Crippen LogP contribution < -0.4 is 0 Å². The summed E-state index contributed by atoms with van der Waals surface area (Å²) in [6, 6.07) is 13.1. The molecule has 1 aliphatic rings. The van der Waals surface area contributed by atoms with Crippen molar-refractivity contribution in [3.05, 3.63) is 71.0 Å². The van der Waals surface area contributed by atoms with Gasteiger partial charge in [0.15, 0.2) is 0 Å². The van der Waals surface area contributed by atoms with Crippen LogP contribution in [0.3, 0.4) is 0 Å². The SMILES string of the molecule is O=C(O)c1ccc(C2CCCCN2C(=O)OCc2ccccc2)cc1F. The molecule has 1 aliphatic heterocycles. The maximum atomic E-state index is 14.0. The average Bonchev–Trinajstić information content (AvgIpc) is 2.66. The third kappa shape index (κ3) is 4.02. The predicted octanol–water partition coefficient (Wildman–Crippen LogP) is 4.39. The lowest BCUT2D eigenvalue weighted by molar-refractivity contribution is 0.0667. The van der Waals surface area contributed by atoms with Gasteiger partial charge in [0.25, 0.3) is 0 Å². The monoisotopic (exact) mass is 357 g/mol. The lowest BCUT2D eigenvalue weighted by Gasteiger charge is -2.35. The zero-order valence-electron chi connectivity index (χ0n) is 14.2. The molecule has 1 heterocycles.